The molecule has 5 rings (SSSR count). The minimum atomic E-state index is -0.223. The molecule has 2 atom stereocenters. The van der Waals surface area contributed by atoms with Gasteiger partial charge in [0.05, 0.1) is 18.2 Å². The van der Waals surface area contributed by atoms with Crippen LogP contribution >= 0.6 is 0 Å². The van der Waals surface area contributed by atoms with Crippen molar-refractivity contribution in [1.82, 2.24) is 0 Å². The minimum absolute atomic E-state index is 0.0183. The third-order valence-corrected chi connectivity index (χ3v) is 7.73. The molecule has 1 saturated carbocycles. The maximum Gasteiger partial charge on any atom is 0.305 e. The molecule has 6 heteroatoms. The van der Waals surface area contributed by atoms with Crippen LogP contribution in [0.2, 0.25) is 0 Å². The number of amides is 1. The van der Waals surface area contributed by atoms with E-state index >= 15 is 0 Å². The number of rotatable bonds is 10. The van der Waals surface area contributed by atoms with E-state index in [2.05, 4.69) is 23.5 Å². The van der Waals surface area contributed by atoms with Crippen molar-refractivity contribution in [2.24, 2.45) is 5.92 Å². The van der Waals surface area contributed by atoms with E-state index in [1.165, 1.54) is 11.1 Å². The summed E-state index contributed by atoms with van der Waals surface area (Å²) >= 11 is 0. The second kappa shape index (κ2) is 11.1. The van der Waals surface area contributed by atoms with Gasteiger partial charge in [-0.25, -0.2) is 0 Å². The summed E-state index contributed by atoms with van der Waals surface area (Å²) in [5, 5.41) is 12.5. The first kappa shape index (κ1) is 25.5. The van der Waals surface area contributed by atoms with Crippen LogP contribution in [0.3, 0.4) is 0 Å². The van der Waals surface area contributed by atoms with Gasteiger partial charge in [0.1, 0.15) is 12.4 Å². The van der Waals surface area contributed by atoms with Gasteiger partial charge in [0.15, 0.2) is 0 Å². The summed E-state index contributed by atoms with van der Waals surface area (Å²) in [4.78, 5) is 25.2. The second-order valence-electron chi connectivity index (χ2n) is 10.1. The van der Waals surface area contributed by atoms with E-state index in [0.29, 0.717) is 43.7 Å². The molecule has 0 aromatic heterocycles. The van der Waals surface area contributed by atoms with Crippen molar-refractivity contribution >= 4 is 17.6 Å². The molecule has 3 aromatic rings. The highest BCUT2D eigenvalue weighted by Gasteiger charge is 2.61. The molecular formula is C32H32N2O4. The van der Waals surface area contributed by atoms with E-state index in [1.54, 1.807) is 19.1 Å². The fourth-order valence-electron chi connectivity index (χ4n) is 5.64. The Labute approximate surface area is 223 Å². The van der Waals surface area contributed by atoms with E-state index in [9.17, 15) is 14.9 Å². The van der Waals surface area contributed by atoms with E-state index in [4.69, 9.17) is 9.47 Å². The van der Waals surface area contributed by atoms with Crippen molar-refractivity contribution in [3.63, 3.8) is 0 Å². The Kier molecular flexibility index (Phi) is 7.46. The zero-order valence-electron chi connectivity index (χ0n) is 21.7. The molecule has 0 unspecified atom stereocenters. The SMILES string of the molecule is CCOC(=O)CCCc1ccc(C#N)cc1NC(=O)[C@@H]1C[C@]12CCc1ccc(OCc3ccccc3)cc12. The lowest BCUT2D eigenvalue weighted by Crippen LogP contribution is -2.20. The monoisotopic (exact) mass is 508 g/mol. The van der Waals surface area contributed by atoms with E-state index < -0.39 is 0 Å². The third-order valence-electron chi connectivity index (χ3n) is 7.73. The quantitative estimate of drug-likeness (QED) is 0.346. The van der Waals surface area contributed by atoms with Gasteiger partial charge in [-0.15, -0.1) is 0 Å². The van der Waals surface area contributed by atoms with Crippen molar-refractivity contribution in [1.29, 1.82) is 5.26 Å². The zero-order chi connectivity index (χ0) is 26.5. The lowest BCUT2D eigenvalue weighted by atomic mass is 9.94. The average Bonchev–Trinajstić information content (AvgIpc) is 3.57. The van der Waals surface area contributed by atoms with Crippen LogP contribution in [-0.4, -0.2) is 18.5 Å². The third kappa shape index (κ3) is 5.43. The van der Waals surface area contributed by atoms with Crippen LogP contribution in [0.4, 0.5) is 5.69 Å². The van der Waals surface area contributed by atoms with Crippen LogP contribution in [0.25, 0.3) is 0 Å². The summed E-state index contributed by atoms with van der Waals surface area (Å²) in [7, 11) is 0. The summed E-state index contributed by atoms with van der Waals surface area (Å²) in [6.07, 6.45) is 4.26. The first-order valence-electron chi connectivity index (χ1n) is 13.3. The predicted molar refractivity (Wildman–Crippen MR) is 145 cm³/mol. The van der Waals surface area contributed by atoms with Gasteiger partial charge in [-0.3, -0.25) is 9.59 Å². The Morgan fingerprint density at radius 1 is 1.11 bits per heavy atom. The molecule has 194 valence electrons. The normalized spacial score (nSPS) is 18.9. The number of hydrogen-bond acceptors (Lipinski definition) is 5. The van der Waals surface area contributed by atoms with Gasteiger partial charge in [0.25, 0.3) is 0 Å². The molecule has 0 bridgehead atoms. The van der Waals surface area contributed by atoms with Gasteiger partial charge in [-0.2, -0.15) is 5.26 Å². The Balaban J connectivity index is 1.27. The number of esters is 1. The number of aryl methyl sites for hydroxylation is 2. The number of ether oxygens (including phenoxy) is 2. The Morgan fingerprint density at radius 2 is 1.95 bits per heavy atom. The van der Waals surface area contributed by atoms with Gasteiger partial charge in [-0.1, -0.05) is 42.5 Å². The predicted octanol–water partition coefficient (Wildman–Crippen LogP) is 5.87. The molecule has 0 aliphatic heterocycles. The van der Waals surface area contributed by atoms with E-state index in [0.717, 1.165) is 36.1 Å². The minimum Gasteiger partial charge on any atom is -0.489 e. The van der Waals surface area contributed by atoms with Crippen molar-refractivity contribution in [2.75, 3.05) is 11.9 Å². The summed E-state index contributed by atoms with van der Waals surface area (Å²) in [6.45, 7) is 2.66. The van der Waals surface area contributed by atoms with Crippen LogP contribution in [0.15, 0.2) is 66.7 Å². The summed E-state index contributed by atoms with van der Waals surface area (Å²) in [6, 6.07) is 23.9. The maximum absolute atomic E-state index is 13.5. The highest BCUT2D eigenvalue weighted by Crippen LogP contribution is 2.62. The topological polar surface area (TPSA) is 88.4 Å². The number of nitriles is 1. The Morgan fingerprint density at radius 3 is 2.74 bits per heavy atom. The van der Waals surface area contributed by atoms with Gasteiger partial charge < -0.3 is 14.8 Å². The molecule has 1 N–H and O–H groups in total. The molecule has 0 heterocycles. The summed E-state index contributed by atoms with van der Waals surface area (Å²) in [5.74, 6) is 0.464. The van der Waals surface area contributed by atoms with Gasteiger partial charge >= 0.3 is 5.97 Å². The van der Waals surface area contributed by atoms with Crippen LogP contribution in [0.5, 0.6) is 5.75 Å². The molecule has 1 amide bonds. The standard InChI is InChI=1S/C32H32N2O4/c1-2-37-30(35)10-6-9-25-12-11-23(20-33)17-29(25)34-31(36)28-19-32(28)16-15-24-13-14-26(18-27(24)32)38-21-22-7-4-3-5-8-22/h3-5,7-8,11-14,17-18,28H,2,6,9-10,15-16,19,21H2,1H3,(H,34,36)/t28-,32-/m0/s1. The van der Waals surface area contributed by atoms with Gasteiger partial charge in [-0.05, 0) is 85.5 Å². The Hall–Kier alpha value is -4.11. The van der Waals surface area contributed by atoms with Gasteiger partial charge in [0, 0.05) is 23.4 Å². The van der Waals surface area contributed by atoms with Crippen LogP contribution < -0.4 is 10.1 Å². The van der Waals surface area contributed by atoms with Gasteiger partial charge in [0.2, 0.25) is 5.91 Å². The number of carbonyl (C=O) groups is 2. The lowest BCUT2D eigenvalue weighted by Gasteiger charge is -2.15. The molecular weight excluding hydrogens is 476 g/mol. The average molecular weight is 509 g/mol. The van der Waals surface area contributed by atoms with Crippen molar-refractivity contribution in [3.05, 3.63) is 94.5 Å². The smallest absolute Gasteiger partial charge is 0.305 e. The first-order valence-corrected chi connectivity index (χ1v) is 13.3. The molecule has 2 aliphatic carbocycles. The number of carbonyl (C=O) groups excluding carboxylic acids is 2. The fourth-order valence-corrected chi connectivity index (χ4v) is 5.64. The number of fused-ring (bicyclic) bond motifs is 2. The molecule has 0 radical (unpaired) electrons. The molecule has 2 aliphatic rings. The molecule has 1 fully saturated rings. The fraction of sp³-hybridized carbons (Fsp3) is 0.344. The number of benzene rings is 3. The lowest BCUT2D eigenvalue weighted by molar-refractivity contribution is -0.143. The van der Waals surface area contributed by atoms with Crippen molar-refractivity contribution in [3.8, 4) is 11.8 Å². The first-order chi connectivity index (χ1) is 18.5. The molecule has 0 saturated heterocycles. The molecule has 6 nitrogen and oxygen atoms in total. The van der Waals surface area contributed by atoms with Crippen molar-refractivity contribution < 1.29 is 19.1 Å². The highest BCUT2D eigenvalue weighted by atomic mass is 16.5. The molecule has 38 heavy (non-hydrogen) atoms. The van der Waals surface area contributed by atoms with Crippen molar-refractivity contribution in [2.45, 2.75) is 57.5 Å². The maximum atomic E-state index is 13.5. The van der Waals surface area contributed by atoms with E-state index in [-0.39, 0.29) is 23.2 Å². The highest BCUT2D eigenvalue weighted by molar-refractivity contribution is 5.97. The molecule has 3 aromatic carbocycles. The van der Waals surface area contributed by atoms with Crippen LogP contribution in [-0.2, 0) is 39.2 Å². The Bertz CT molecular complexity index is 1380. The second-order valence-corrected chi connectivity index (χ2v) is 10.1. The largest absolute Gasteiger partial charge is 0.489 e. The van der Waals surface area contributed by atoms with Crippen LogP contribution in [0.1, 0.15) is 60.4 Å². The van der Waals surface area contributed by atoms with E-state index in [1.807, 2.05) is 42.5 Å². The number of nitrogens with zero attached hydrogens (tertiary/aromatic N) is 1. The zero-order valence-corrected chi connectivity index (χ0v) is 21.7. The molecule has 1 spiro atoms. The number of anilines is 1. The summed E-state index contributed by atoms with van der Waals surface area (Å²) < 4.78 is 11.1. The summed E-state index contributed by atoms with van der Waals surface area (Å²) in [5.41, 5.74) is 5.54. The number of nitrogens with one attached hydrogen (secondary N) is 1. The van der Waals surface area contributed by atoms with Crippen LogP contribution in [0, 0.1) is 17.2 Å². The number of hydrogen-bond donors (Lipinski definition) is 1.